The zero-order valence-corrected chi connectivity index (χ0v) is 12.0. The van der Waals surface area contributed by atoms with Crippen LogP contribution in [0, 0.1) is 0 Å². The van der Waals surface area contributed by atoms with E-state index in [1.807, 2.05) is 11.8 Å². The molecule has 0 radical (unpaired) electrons. The topological polar surface area (TPSA) is 12.0 Å². The maximum absolute atomic E-state index is 3.52. The van der Waals surface area contributed by atoms with E-state index in [-0.39, 0.29) is 0 Å². The number of nitrogens with one attached hydrogen (secondary N) is 1. The maximum atomic E-state index is 3.52. The van der Waals surface area contributed by atoms with Crippen molar-refractivity contribution in [2.24, 2.45) is 0 Å². The van der Waals surface area contributed by atoms with Crippen LogP contribution in [-0.4, -0.2) is 18.3 Å². The fourth-order valence-corrected chi connectivity index (χ4v) is 3.19. The largest absolute Gasteiger partial charge is 0.313 e. The van der Waals surface area contributed by atoms with Crippen molar-refractivity contribution in [1.82, 2.24) is 5.32 Å². The first-order valence-electron chi connectivity index (χ1n) is 6.68. The summed E-state index contributed by atoms with van der Waals surface area (Å²) in [6.45, 7) is 5.47. The van der Waals surface area contributed by atoms with Crippen molar-refractivity contribution < 1.29 is 0 Å². The number of thioether (sulfide) groups is 1. The van der Waals surface area contributed by atoms with Crippen molar-refractivity contribution in [2.75, 3.05) is 12.3 Å². The highest BCUT2D eigenvalue weighted by Gasteiger charge is 2.05. The molecule has 0 aliphatic carbocycles. The first-order chi connectivity index (χ1) is 8.83. The molecule has 1 N–H and O–H groups in total. The number of hydrogen-bond donors (Lipinski definition) is 1. The van der Waals surface area contributed by atoms with Crippen LogP contribution in [0.15, 0.2) is 47.4 Å². The summed E-state index contributed by atoms with van der Waals surface area (Å²) in [6, 6.07) is 15.9. The van der Waals surface area contributed by atoms with Crippen LogP contribution in [0.3, 0.4) is 0 Å². The zero-order valence-electron chi connectivity index (χ0n) is 11.1. The molecule has 0 fully saturated rings. The number of hydrogen-bond acceptors (Lipinski definition) is 2. The van der Waals surface area contributed by atoms with Crippen LogP contribution >= 0.6 is 11.8 Å². The number of rotatable bonds is 6. The Balaban J connectivity index is 2.03. The molecule has 0 aliphatic rings. The second kappa shape index (κ2) is 6.81. The van der Waals surface area contributed by atoms with Gasteiger partial charge in [0.25, 0.3) is 0 Å². The summed E-state index contributed by atoms with van der Waals surface area (Å²) in [5.74, 6) is 1.14. The fraction of sp³-hybridized carbons (Fsp3) is 0.375. The summed E-state index contributed by atoms with van der Waals surface area (Å²) in [7, 11) is 0. The first-order valence-corrected chi connectivity index (χ1v) is 7.67. The van der Waals surface area contributed by atoms with Crippen LogP contribution in [0.1, 0.15) is 20.3 Å². The molecular weight excluding hydrogens is 238 g/mol. The van der Waals surface area contributed by atoms with Gasteiger partial charge in [0.15, 0.2) is 0 Å². The molecule has 96 valence electrons. The molecule has 1 atom stereocenters. The normalized spacial score (nSPS) is 12.8. The molecule has 0 heterocycles. The van der Waals surface area contributed by atoms with Gasteiger partial charge in [-0.25, -0.2) is 0 Å². The Morgan fingerprint density at radius 3 is 2.56 bits per heavy atom. The van der Waals surface area contributed by atoms with E-state index in [0.717, 1.165) is 12.3 Å². The predicted octanol–water partition coefficient (Wildman–Crippen LogP) is 4.32. The Hall–Kier alpha value is -0.990. The number of benzene rings is 2. The van der Waals surface area contributed by atoms with Gasteiger partial charge < -0.3 is 5.32 Å². The summed E-state index contributed by atoms with van der Waals surface area (Å²) < 4.78 is 0. The molecule has 2 aromatic carbocycles. The Morgan fingerprint density at radius 1 is 1.06 bits per heavy atom. The molecule has 1 nitrogen and oxygen atoms in total. The molecule has 0 amide bonds. The lowest BCUT2D eigenvalue weighted by Gasteiger charge is -2.15. The lowest BCUT2D eigenvalue weighted by atomic mass is 10.1. The SMILES string of the molecule is CCNC(CC)CSc1ccc2ccccc2c1. The van der Waals surface area contributed by atoms with E-state index in [9.17, 15) is 0 Å². The van der Waals surface area contributed by atoms with Crippen molar-refractivity contribution in [1.29, 1.82) is 0 Å². The highest BCUT2D eigenvalue weighted by molar-refractivity contribution is 7.99. The standard InChI is InChI=1S/C16H21NS/c1-3-15(17-4-2)12-18-16-10-9-13-7-5-6-8-14(13)11-16/h5-11,15,17H,3-4,12H2,1-2H3. The molecule has 2 aromatic rings. The molecule has 2 heteroatoms. The van der Waals surface area contributed by atoms with E-state index < -0.39 is 0 Å². The Bertz CT molecular complexity index is 495. The zero-order chi connectivity index (χ0) is 12.8. The lowest BCUT2D eigenvalue weighted by molar-refractivity contribution is 0.560. The Kier molecular flexibility index (Phi) is 5.09. The highest BCUT2D eigenvalue weighted by Crippen LogP contribution is 2.24. The van der Waals surface area contributed by atoms with Gasteiger partial charge in [-0.2, -0.15) is 0 Å². The van der Waals surface area contributed by atoms with Gasteiger partial charge in [-0.3, -0.25) is 0 Å². The van der Waals surface area contributed by atoms with E-state index in [1.54, 1.807) is 0 Å². The second-order valence-electron chi connectivity index (χ2n) is 4.48. The number of fused-ring (bicyclic) bond motifs is 1. The Morgan fingerprint density at radius 2 is 1.83 bits per heavy atom. The van der Waals surface area contributed by atoms with Gasteiger partial charge in [-0.15, -0.1) is 11.8 Å². The van der Waals surface area contributed by atoms with Gasteiger partial charge >= 0.3 is 0 Å². The van der Waals surface area contributed by atoms with Crippen LogP contribution in [0.2, 0.25) is 0 Å². The minimum atomic E-state index is 0.617. The Labute approximate surface area is 114 Å². The average Bonchev–Trinajstić information content (AvgIpc) is 2.43. The smallest absolute Gasteiger partial charge is 0.0158 e. The van der Waals surface area contributed by atoms with E-state index in [0.29, 0.717) is 6.04 Å². The van der Waals surface area contributed by atoms with Crippen molar-refractivity contribution in [2.45, 2.75) is 31.2 Å². The van der Waals surface area contributed by atoms with E-state index >= 15 is 0 Å². The summed E-state index contributed by atoms with van der Waals surface area (Å²) in [5.41, 5.74) is 0. The van der Waals surface area contributed by atoms with E-state index in [4.69, 9.17) is 0 Å². The lowest BCUT2D eigenvalue weighted by Crippen LogP contribution is -2.30. The van der Waals surface area contributed by atoms with Gasteiger partial charge in [-0.05, 0) is 35.9 Å². The molecule has 0 aromatic heterocycles. The fourth-order valence-electron chi connectivity index (χ4n) is 2.06. The maximum Gasteiger partial charge on any atom is 0.0158 e. The quantitative estimate of drug-likeness (QED) is 0.775. The first kappa shape index (κ1) is 13.4. The van der Waals surface area contributed by atoms with Crippen molar-refractivity contribution in [3.63, 3.8) is 0 Å². The van der Waals surface area contributed by atoms with Gasteiger partial charge in [0.05, 0.1) is 0 Å². The monoisotopic (exact) mass is 259 g/mol. The third-order valence-electron chi connectivity index (χ3n) is 3.16. The van der Waals surface area contributed by atoms with E-state index in [2.05, 4.69) is 61.6 Å². The highest BCUT2D eigenvalue weighted by atomic mass is 32.2. The van der Waals surface area contributed by atoms with Crippen molar-refractivity contribution in [3.8, 4) is 0 Å². The summed E-state index contributed by atoms with van der Waals surface area (Å²) in [5, 5.41) is 6.17. The van der Waals surface area contributed by atoms with Crippen LogP contribution in [0.4, 0.5) is 0 Å². The molecule has 18 heavy (non-hydrogen) atoms. The third-order valence-corrected chi connectivity index (χ3v) is 4.31. The van der Waals surface area contributed by atoms with Crippen LogP contribution < -0.4 is 5.32 Å². The van der Waals surface area contributed by atoms with Crippen LogP contribution in [0.5, 0.6) is 0 Å². The molecule has 0 aliphatic heterocycles. The summed E-state index contributed by atoms with van der Waals surface area (Å²) >= 11 is 1.95. The van der Waals surface area contributed by atoms with E-state index in [1.165, 1.54) is 22.1 Å². The molecule has 0 spiro atoms. The van der Waals surface area contributed by atoms with Crippen LogP contribution in [0.25, 0.3) is 10.8 Å². The predicted molar refractivity (Wildman–Crippen MR) is 82.4 cm³/mol. The summed E-state index contributed by atoms with van der Waals surface area (Å²) in [4.78, 5) is 1.37. The molecular formula is C16H21NS. The van der Waals surface area contributed by atoms with Crippen molar-refractivity contribution in [3.05, 3.63) is 42.5 Å². The van der Waals surface area contributed by atoms with Crippen molar-refractivity contribution >= 4 is 22.5 Å². The minimum absolute atomic E-state index is 0.617. The summed E-state index contributed by atoms with van der Waals surface area (Å²) in [6.07, 6.45) is 1.19. The minimum Gasteiger partial charge on any atom is -0.313 e. The molecule has 0 bridgehead atoms. The molecule has 1 unspecified atom stereocenters. The third kappa shape index (κ3) is 3.50. The average molecular weight is 259 g/mol. The molecule has 0 saturated heterocycles. The van der Waals surface area contributed by atoms with Gasteiger partial charge in [0.1, 0.15) is 0 Å². The van der Waals surface area contributed by atoms with Gasteiger partial charge in [-0.1, -0.05) is 44.2 Å². The van der Waals surface area contributed by atoms with Crippen LogP contribution in [-0.2, 0) is 0 Å². The second-order valence-corrected chi connectivity index (χ2v) is 5.58. The van der Waals surface area contributed by atoms with Gasteiger partial charge in [0.2, 0.25) is 0 Å². The molecule has 2 rings (SSSR count). The van der Waals surface area contributed by atoms with Gasteiger partial charge in [0, 0.05) is 16.7 Å². The molecule has 0 saturated carbocycles.